The van der Waals surface area contributed by atoms with Crippen LogP contribution in [0.15, 0.2) is 12.5 Å². The van der Waals surface area contributed by atoms with Gasteiger partial charge in [-0.05, 0) is 24.7 Å². The van der Waals surface area contributed by atoms with Crippen LogP contribution < -0.4 is 5.73 Å². The molecular weight excluding hydrogens is 198 g/mol. The second kappa shape index (κ2) is 4.21. The highest BCUT2D eigenvalue weighted by Gasteiger charge is 2.36. The molecule has 3 heteroatoms. The van der Waals surface area contributed by atoms with E-state index in [4.69, 9.17) is 5.73 Å². The average Bonchev–Trinajstić information content (AvgIpc) is 2.82. The largest absolute Gasteiger partial charge is 0.330 e. The molecule has 0 saturated heterocycles. The average molecular weight is 221 g/mol. The van der Waals surface area contributed by atoms with E-state index < -0.39 is 0 Å². The fraction of sp³-hybridized carbons (Fsp3) is 0.769. The quantitative estimate of drug-likeness (QED) is 0.852. The summed E-state index contributed by atoms with van der Waals surface area (Å²) in [4.78, 5) is 4.28. The number of nitrogens with zero attached hydrogens (tertiary/aromatic N) is 2. The molecule has 1 aliphatic rings. The van der Waals surface area contributed by atoms with Crippen molar-refractivity contribution in [3.63, 3.8) is 0 Å². The summed E-state index contributed by atoms with van der Waals surface area (Å²) in [7, 11) is 0. The highest BCUT2D eigenvalue weighted by molar-refractivity contribution is 5.08. The third kappa shape index (κ3) is 1.88. The van der Waals surface area contributed by atoms with E-state index in [1.807, 2.05) is 12.5 Å². The van der Waals surface area contributed by atoms with E-state index in [1.165, 1.54) is 25.0 Å². The standard InChI is InChI=1S/C13H23N3/c1-4-10(14)11-8-15-9-16(11)12-6-5-7-13(12,2)3/h8-10,12H,4-7,14H2,1-3H3/t10-,12?/m1/s1. The Bertz CT molecular complexity index is 354. The zero-order valence-corrected chi connectivity index (χ0v) is 10.6. The molecule has 0 bridgehead atoms. The first-order valence-electron chi connectivity index (χ1n) is 6.33. The maximum Gasteiger partial charge on any atom is 0.0951 e. The van der Waals surface area contributed by atoms with Gasteiger partial charge in [0, 0.05) is 18.3 Å². The van der Waals surface area contributed by atoms with E-state index in [0.717, 1.165) is 6.42 Å². The molecule has 2 rings (SSSR count). The molecule has 90 valence electrons. The van der Waals surface area contributed by atoms with Crippen LogP contribution in [0.2, 0.25) is 0 Å². The molecule has 16 heavy (non-hydrogen) atoms. The Morgan fingerprint density at radius 1 is 1.62 bits per heavy atom. The number of aromatic nitrogens is 2. The Morgan fingerprint density at radius 3 is 2.94 bits per heavy atom. The van der Waals surface area contributed by atoms with Crippen LogP contribution in [-0.4, -0.2) is 9.55 Å². The van der Waals surface area contributed by atoms with Gasteiger partial charge in [0.15, 0.2) is 0 Å². The minimum Gasteiger partial charge on any atom is -0.330 e. The minimum absolute atomic E-state index is 0.124. The normalized spacial score (nSPS) is 25.9. The van der Waals surface area contributed by atoms with Crippen molar-refractivity contribution in [1.82, 2.24) is 9.55 Å². The summed E-state index contributed by atoms with van der Waals surface area (Å²) < 4.78 is 2.32. The molecule has 0 amide bonds. The number of rotatable bonds is 3. The predicted molar refractivity (Wildman–Crippen MR) is 66.1 cm³/mol. The Morgan fingerprint density at radius 2 is 2.38 bits per heavy atom. The molecule has 1 aromatic heterocycles. The second-order valence-corrected chi connectivity index (χ2v) is 5.64. The zero-order chi connectivity index (χ0) is 11.8. The van der Waals surface area contributed by atoms with Crippen molar-refractivity contribution in [2.45, 2.75) is 58.5 Å². The van der Waals surface area contributed by atoms with E-state index >= 15 is 0 Å². The van der Waals surface area contributed by atoms with Gasteiger partial charge in [0.05, 0.1) is 12.0 Å². The lowest BCUT2D eigenvalue weighted by Crippen LogP contribution is -2.25. The van der Waals surface area contributed by atoms with Gasteiger partial charge in [0.25, 0.3) is 0 Å². The maximum atomic E-state index is 6.13. The molecule has 1 unspecified atom stereocenters. The van der Waals surface area contributed by atoms with Gasteiger partial charge in [-0.1, -0.05) is 27.2 Å². The topological polar surface area (TPSA) is 43.8 Å². The van der Waals surface area contributed by atoms with Crippen molar-refractivity contribution in [1.29, 1.82) is 0 Å². The van der Waals surface area contributed by atoms with E-state index in [2.05, 4.69) is 30.3 Å². The summed E-state index contributed by atoms with van der Waals surface area (Å²) in [5, 5.41) is 0. The summed E-state index contributed by atoms with van der Waals surface area (Å²) in [6.45, 7) is 6.83. The van der Waals surface area contributed by atoms with Crippen LogP contribution in [-0.2, 0) is 0 Å². The molecular formula is C13H23N3. The lowest BCUT2D eigenvalue weighted by atomic mass is 9.87. The number of nitrogens with two attached hydrogens (primary N) is 1. The lowest BCUT2D eigenvalue weighted by Gasteiger charge is -2.30. The van der Waals surface area contributed by atoms with Crippen molar-refractivity contribution in [2.75, 3.05) is 0 Å². The number of hydrogen-bond donors (Lipinski definition) is 1. The molecule has 1 aromatic rings. The first-order chi connectivity index (χ1) is 7.56. The lowest BCUT2D eigenvalue weighted by molar-refractivity contribution is 0.253. The molecule has 0 aromatic carbocycles. The summed E-state index contributed by atoms with van der Waals surface area (Å²) in [6.07, 6.45) is 8.74. The van der Waals surface area contributed by atoms with Crippen LogP contribution in [0.3, 0.4) is 0 Å². The molecule has 1 fully saturated rings. The summed E-state index contributed by atoms with van der Waals surface area (Å²) in [6, 6.07) is 0.696. The molecule has 1 heterocycles. The Hall–Kier alpha value is -0.830. The third-order valence-corrected chi connectivity index (χ3v) is 4.05. The predicted octanol–water partition coefficient (Wildman–Crippen LogP) is 3.04. The van der Waals surface area contributed by atoms with Gasteiger partial charge in [-0.2, -0.15) is 0 Å². The van der Waals surface area contributed by atoms with E-state index in [9.17, 15) is 0 Å². The summed E-state index contributed by atoms with van der Waals surface area (Å²) >= 11 is 0. The number of hydrogen-bond acceptors (Lipinski definition) is 2. The van der Waals surface area contributed by atoms with Gasteiger partial charge in [-0.15, -0.1) is 0 Å². The molecule has 2 N–H and O–H groups in total. The van der Waals surface area contributed by atoms with Crippen LogP contribution in [0, 0.1) is 5.41 Å². The van der Waals surface area contributed by atoms with Crippen molar-refractivity contribution in [3.05, 3.63) is 18.2 Å². The van der Waals surface area contributed by atoms with Crippen molar-refractivity contribution in [3.8, 4) is 0 Å². The van der Waals surface area contributed by atoms with Crippen LogP contribution in [0.25, 0.3) is 0 Å². The first kappa shape index (κ1) is 11.6. The maximum absolute atomic E-state index is 6.13. The van der Waals surface area contributed by atoms with Crippen molar-refractivity contribution in [2.24, 2.45) is 11.1 Å². The SMILES string of the molecule is CC[C@@H](N)c1cncn1C1CCCC1(C)C. The highest BCUT2D eigenvalue weighted by Crippen LogP contribution is 2.46. The van der Waals surface area contributed by atoms with Gasteiger partial charge in [-0.3, -0.25) is 0 Å². The Kier molecular flexibility index (Phi) is 3.06. The second-order valence-electron chi connectivity index (χ2n) is 5.64. The zero-order valence-electron chi connectivity index (χ0n) is 10.6. The monoisotopic (exact) mass is 221 g/mol. The number of imidazole rings is 1. The Balaban J connectivity index is 2.30. The van der Waals surface area contributed by atoms with E-state index in [0.29, 0.717) is 11.5 Å². The van der Waals surface area contributed by atoms with Crippen LogP contribution in [0.5, 0.6) is 0 Å². The highest BCUT2D eigenvalue weighted by atomic mass is 15.1. The van der Waals surface area contributed by atoms with Gasteiger partial charge < -0.3 is 10.3 Å². The fourth-order valence-corrected chi connectivity index (χ4v) is 2.90. The molecule has 3 nitrogen and oxygen atoms in total. The van der Waals surface area contributed by atoms with E-state index in [1.54, 1.807) is 0 Å². The van der Waals surface area contributed by atoms with Gasteiger partial charge in [0.1, 0.15) is 0 Å². The molecule has 0 spiro atoms. The van der Waals surface area contributed by atoms with Gasteiger partial charge in [0.2, 0.25) is 0 Å². The fourth-order valence-electron chi connectivity index (χ4n) is 2.90. The van der Waals surface area contributed by atoms with Crippen LogP contribution in [0.1, 0.15) is 64.2 Å². The summed E-state index contributed by atoms with van der Waals surface area (Å²) in [5.74, 6) is 0. The molecule has 1 aliphatic carbocycles. The first-order valence-corrected chi connectivity index (χ1v) is 6.33. The van der Waals surface area contributed by atoms with Crippen LogP contribution in [0.4, 0.5) is 0 Å². The smallest absolute Gasteiger partial charge is 0.0951 e. The molecule has 0 radical (unpaired) electrons. The minimum atomic E-state index is 0.124. The Labute approximate surface area is 98.1 Å². The third-order valence-electron chi connectivity index (χ3n) is 4.05. The van der Waals surface area contributed by atoms with Gasteiger partial charge in [-0.25, -0.2) is 4.98 Å². The van der Waals surface area contributed by atoms with Crippen molar-refractivity contribution >= 4 is 0 Å². The van der Waals surface area contributed by atoms with Crippen LogP contribution >= 0.6 is 0 Å². The van der Waals surface area contributed by atoms with Gasteiger partial charge >= 0.3 is 0 Å². The summed E-state index contributed by atoms with van der Waals surface area (Å²) in [5.41, 5.74) is 7.71. The molecule has 2 atom stereocenters. The molecule has 0 aliphatic heterocycles. The van der Waals surface area contributed by atoms with Crippen molar-refractivity contribution < 1.29 is 0 Å². The van der Waals surface area contributed by atoms with E-state index in [-0.39, 0.29) is 6.04 Å². The molecule has 1 saturated carbocycles.